The van der Waals surface area contributed by atoms with Gasteiger partial charge in [0.25, 0.3) is 0 Å². The summed E-state index contributed by atoms with van der Waals surface area (Å²) in [5.41, 5.74) is 5.57. The van der Waals surface area contributed by atoms with Crippen molar-refractivity contribution in [1.82, 2.24) is 4.98 Å². The average molecular weight is 375 g/mol. The fourth-order valence-corrected chi connectivity index (χ4v) is 3.68. The lowest BCUT2D eigenvalue weighted by Crippen LogP contribution is -2.15. The molecular formula is C22H21N3OS. The number of hydrogen-bond donors (Lipinski definition) is 1. The Labute approximate surface area is 163 Å². The van der Waals surface area contributed by atoms with Crippen LogP contribution in [0.25, 0.3) is 10.9 Å². The van der Waals surface area contributed by atoms with Crippen LogP contribution in [0.1, 0.15) is 29.2 Å². The molecule has 0 unspecified atom stereocenters. The Morgan fingerprint density at radius 2 is 2.00 bits per heavy atom. The fraction of sp³-hybridized carbons (Fsp3) is 0.227. The predicted octanol–water partition coefficient (Wildman–Crippen LogP) is 5.02. The van der Waals surface area contributed by atoms with E-state index in [4.69, 9.17) is 0 Å². The summed E-state index contributed by atoms with van der Waals surface area (Å²) in [5.74, 6) is 0.100. The molecular weight excluding hydrogens is 354 g/mol. The number of anilines is 1. The maximum absolute atomic E-state index is 12.4. The number of thioether (sulfide) groups is 1. The van der Waals surface area contributed by atoms with E-state index in [1.165, 1.54) is 11.8 Å². The zero-order valence-electron chi connectivity index (χ0n) is 15.7. The molecule has 0 atom stereocenters. The van der Waals surface area contributed by atoms with Gasteiger partial charge in [-0.3, -0.25) is 4.79 Å². The fourth-order valence-electron chi connectivity index (χ4n) is 2.93. The Kier molecular flexibility index (Phi) is 5.78. The van der Waals surface area contributed by atoms with Crippen LogP contribution in [0, 0.1) is 25.2 Å². The number of fused-ring (bicyclic) bond motifs is 1. The Balaban J connectivity index is 1.81. The van der Waals surface area contributed by atoms with Crippen molar-refractivity contribution in [3.63, 3.8) is 0 Å². The first kappa shape index (κ1) is 18.9. The van der Waals surface area contributed by atoms with Crippen LogP contribution in [0.4, 0.5) is 5.69 Å². The summed E-state index contributed by atoms with van der Waals surface area (Å²) >= 11 is 1.30. The van der Waals surface area contributed by atoms with E-state index in [0.717, 1.165) is 39.7 Å². The van der Waals surface area contributed by atoms with Crippen LogP contribution in [0.2, 0.25) is 0 Å². The van der Waals surface area contributed by atoms with Crippen LogP contribution in [-0.2, 0) is 11.2 Å². The first-order valence-corrected chi connectivity index (χ1v) is 9.83. The molecule has 3 aromatic rings. The molecule has 3 rings (SSSR count). The van der Waals surface area contributed by atoms with Crippen molar-refractivity contribution in [2.24, 2.45) is 0 Å². The minimum atomic E-state index is -0.104. The molecule has 0 radical (unpaired) electrons. The first-order valence-electron chi connectivity index (χ1n) is 8.85. The molecule has 5 heteroatoms. The van der Waals surface area contributed by atoms with Crippen molar-refractivity contribution in [3.05, 3.63) is 64.7 Å². The monoisotopic (exact) mass is 375 g/mol. The van der Waals surface area contributed by atoms with Crippen LogP contribution in [-0.4, -0.2) is 16.6 Å². The number of para-hydroxylation sites is 1. The molecule has 0 aliphatic carbocycles. The van der Waals surface area contributed by atoms with Crippen LogP contribution in [0.3, 0.4) is 0 Å². The number of nitrogens with one attached hydrogen (secondary N) is 1. The van der Waals surface area contributed by atoms with Gasteiger partial charge in [0.2, 0.25) is 5.91 Å². The molecule has 2 aromatic carbocycles. The van der Waals surface area contributed by atoms with Gasteiger partial charge in [-0.25, -0.2) is 4.98 Å². The van der Waals surface area contributed by atoms with Crippen LogP contribution in [0.15, 0.2) is 47.5 Å². The lowest BCUT2D eigenvalue weighted by Gasteiger charge is -2.11. The molecule has 0 aliphatic rings. The third-order valence-electron chi connectivity index (χ3n) is 4.61. The first-order chi connectivity index (χ1) is 13.0. The smallest absolute Gasteiger partial charge is 0.234 e. The third-order valence-corrected chi connectivity index (χ3v) is 5.60. The van der Waals surface area contributed by atoms with E-state index >= 15 is 0 Å². The summed E-state index contributed by atoms with van der Waals surface area (Å²) in [5, 5.41) is 14.0. The summed E-state index contributed by atoms with van der Waals surface area (Å²) in [6.07, 6.45) is 0.854. The molecule has 0 saturated heterocycles. The second-order valence-corrected chi connectivity index (χ2v) is 7.34. The minimum absolute atomic E-state index is 0.104. The molecule has 0 bridgehead atoms. The number of aromatic nitrogens is 1. The van der Waals surface area contributed by atoms with Crippen molar-refractivity contribution >= 4 is 34.3 Å². The Morgan fingerprint density at radius 1 is 1.22 bits per heavy atom. The molecule has 0 aliphatic heterocycles. The Hall–Kier alpha value is -2.84. The number of pyridine rings is 1. The van der Waals surface area contributed by atoms with Gasteiger partial charge in [0.15, 0.2) is 0 Å². The van der Waals surface area contributed by atoms with Gasteiger partial charge < -0.3 is 5.32 Å². The number of amides is 1. The Morgan fingerprint density at radius 3 is 2.74 bits per heavy atom. The van der Waals surface area contributed by atoms with Gasteiger partial charge in [0.1, 0.15) is 11.1 Å². The van der Waals surface area contributed by atoms with Gasteiger partial charge >= 0.3 is 0 Å². The lowest BCUT2D eigenvalue weighted by molar-refractivity contribution is -0.113. The number of carbonyl (C=O) groups is 1. The molecule has 1 aromatic heterocycles. The van der Waals surface area contributed by atoms with Crippen molar-refractivity contribution in [2.75, 3.05) is 11.1 Å². The maximum atomic E-state index is 12.4. The van der Waals surface area contributed by atoms with E-state index in [0.29, 0.717) is 10.6 Å². The zero-order valence-corrected chi connectivity index (χ0v) is 16.5. The van der Waals surface area contributed by atoms with E-state index in [9.17, 15) is 10.1 Å². The van der Waals surface area contributed by atoms with Gasteiger partial charge in [-0.1, -0.05) is 49.0 Å². The van der Waals surface area contributed by atoms with E-state index in [1.807, 2.05) is 56.3 Å². The van der Waals surface area contributed by atoms with Gasteiger partial charge in [-0.2, -0.15) is 5.26 Å². The summed E-state index contributed by atoms with van der Waals surface area (Å²) in [6, 6.07) is 15.8. The SMILES string of the molecule is CCc1ccccc1NC(=O)CSc1nc2c(C)c(C)ccc2cc1C#N. The summed E-state index contributed by atoms with van der Waals surface area (Å²) in [6.45, 7) is 6.13. The molecule has 136 valence electrons. The second-order valence-electron chi connectivity index (χ2n) is 6.38. The maximum Gasteiger partial charge on any atom is 0.234 e. The van der Waals surface area contributed by atoms with Gasteiger partial charge in [-0.05, 0) is 49.1 Å². The summed E-state index contributed by atoms with van der Waals surface area (Å²) in [7, 11) is 0. The van der Waals surface area contributed by atoms with Crippen LogP contribution in [0.5, 0.6) is 0 Å². The molecule has 0 spiro atoms. The van der Waals surface area contributed by atoms with Gasteiger partial charge in [-0.15, -0.1) is 0 Å². The van der Waals surface area contributed by atoms with Crippen molar-refractivity contribution in [3.8, 4) is 6.07 Å². The molecule has 0 fully saturated rings. The molecule has 1 heterocycles. The molecule has 4 nitrogen and oxygen atoms in total. The number of aryl methyl sites for hydroxylation is 3. The van der Waals surface area contributed by atoms with Gasteiger partial charge in [0.05, 0.1) is 16.8 Å². The molecule has 0 saturated carbocycles. The number of hydrogen-bond acceptors (Lipinski definition) is 4. The van der Waals surface area contributed by atoms with E-state index in [1.54, 1.807) is 0 Å². The normalized spacial score (nSPS) is 10.6. The highest BCUT2D eigenvalue weighted by atomic mass is 32.2. The highest BCUT2D eigenvalue weighted by molar-refractivity contribution is 8.00. The van der Waals surface area contributed by atoms with Crippen molar-refractivity contribution in [2.45, 2.75) is 32.2 Å². The Bertz CT molecular complexity index is 1050. The predicted molar refractivity (Wildman–Crippen MR) is 111 cm³/mol. The summed E-state index contributed by atoms with van der Waals surface area (Å²) in [4.78, 5) is 17.1. The van der Waals surface area contributed by atoms with Crippen LogP contribution >= 0.6 is 11.8 Å². The molecule has 27 heavy (non-hydrogen) atoms. The van der Waals surface area contributed by atoms with Gasteiger partial charge in [0, 0.05) is 11.1 Å². The topological polar surface area (TPSA) is 65.8 Å². The van der Waals surface area contributed by atoms with Crippen molar-refractivity contribution < 1.29 is 4.79 Å². The number of carbonyl (C=O) groups excluding carboxylic acids is 1. The largest absolute Gasteiger partial charge is 0.325 e. The number of nitriles is 1. The minimum Gasteiger partial charge on any atom is -0.325 e. The van der Waals surface area contributed by atoms with Crippen molar-refractivity contribution in [1.29, 1.82) is 5.26 Å². The van der Waals surface area contributed by atoms with Crippen LogP contribution < -0.4 is 5.32 Å². The van der Waals surface area contributed by atoms with E-state index < -0.39 is 0 Å². The number of rotatable bonds is 5. The molecule has 1 N–H and O–H groups in total. The highest BCUT2D eigenvalue weighted by Gasteiger charge is 2.13. The second kappa shape index (κ2) is 8.24. The van der Waals surface area contributed by atoms with E-state index in [2.05, 4.69) is 23.3 Å². The standard InChI is InChI=1S/C22H21N3OS/c1-4-16-7-5-6-8-19(16)24-20(26)13-27-22-18(12-23)11-17-10-9-14(2)15(3)21(17)25-22/h5-11H,4,13H2,1-3H3,(H,24,26). The highest BCUT2D eigenvalue weighted by Crippen LogP contribution is 2.27. The number of benzene rings is 2. The number of nitrogens with zero attached hydrogens (tertiary/aromatic N) is 2. The quantitative estimate of drug-likeness (QED) is 0.636. The zero-order chi connectivity index (χ0) is 19.4. The van der Waals surface area contributed by atoms with E-state index in [-0.39, 0.29) is 11.7 Å². The molecule has 1 amide bonds. The third kappa shape index (κ3) is 4.12. The average Bonchev–Trinajstić information content (AvgIpc) is 2.69. The summed E-state index contributed by atoms with van der Waals surface area (Å²) < 4.78 is 0. The lowest BCUT2D eigenvalue weighted by atomic mass is 10.0.